The summed E-state index contributed by atoms with van der Waals surface area (Å²) in [4.78, 5) is 23.2. The van der Waals surface area contributed by atoms with Gasteiger partial charge in [0, 0.05) is 58.1 Å². The molecule has 8 nitrogen and oxygen atoms in total. The van der Waals surface area contributed by atoms with Crippen LogP contribution < -0.4 is 5.32 Å². The Hall–Kier alpha value is -2.52. The Morgan fingerprint density at radius 2 is 1.93 bits per heavy atom. The molecular formula is C20H25N5O3S. The number of fused-ring (bicyclic) bond motifs is 1. The maximum atomic E-state index is 13.0. The van der Waals surface area contributed by atoms with Crippen molar-refractivity contribution in [2.75, 3.05) is 32.0 Å². The topological polar surface area (TPSA) is 95.5 Å². The number of nitrogens with zero attached hydrogens (tertiary/aromatic N) is 4. The van der Waals surface area contributed by atoms with E-state index in [2.05, 4.69) is 10.3 Å². The first kappa shape index (κ1) is 19.8. The summed E-state index contributed by atoms with van der Waals surface area (Å²) in [7, 11) is -1.78. The number of amides is 1. The summed E-state index contributed by atoms with van der Waals surface area (Å²) in [5, 5.41) is 3.11. The molecule has 0 saturated carbocycles. The van der Waals surface area contributed by atoms with Crippen molar-refractivity contribution >= 4 is 21.7 Å². The van der Waals surface area contributed by atoms with E-state index in [1.165, 1.54) is 4.31 Å². The SMILES string of the molecule is CNc1nc([C@@H]2CCN(C(C)=O)C2)nc2c1CN(S(=O)(=O)c1ccccc1)CC2. The molecular weight excluding hydrogens is 390 g/mol. The Kier molecular flexibility index (Phi) is 5.26. The van der Waals surface area contributed by atoms with E-state index in [0.29, 0.717) is 30.2 Å². The number of sulfonamides is 1. The molecule has 0 bridgehead atoms. The third-order valence-corrected chi connectivity index (χ3v) is 7.52. The first-order valence-corrected chi connectivity index (χ1v) is 11.2. The Bertz CT molecular complexity index is 1010. The van der Waals surface area contributed by atoms with E-state index in [1.807, 2.05) is 4.90 Å². The molecule has 1 aromatic carbocycles. The smallest absolute Gasteiger partial charge is 0.243 e. The van der Waals surface area contributed by atoms with E-state index in [-0.39, 0.29) is 18.4 Å². The number of nitrogens with one attached hydrogen (secondary N) is 1. The lowest BCUT2D eigenvalue weighted by molar-refractivity contribution is -0.127. The summed E-state index contributed by atoms with van der Waals surface area (Å²) in [5.74, 6) is 1.58. The Morgan fingerprint density at radius 3 is 2.59 bits per heavy atom. The predicted molar refractivity (Wildman–Crippen MR) is 109 cm³/mol. The minimum atomic E-state index is -3.57. The van der Waals surface area contributed by atoms with Crippen LogP contribution in [0.5, 0.6) is 0 Å². The van der Waals surface area contributed by atoms with Crippen molar-refractivity contribution in [3.63, 3.8) is 0 Å². The molecule has 0 radical (unpaired) electrons. The number of hydrogen-bond acceptors (Lipinski definition) is 6. The maximum Gasteiger partial charge on any atom is 0.243 e. The van der Waals surface area contributed by atoms with Crippen LogP contribution >= 0.6 is 0 Å². The second kappa shape index (κ2) is 7.72. The number of anilines is 1. The molecule has 2 aliphatic rings. The van der Waals surface area contributed by atoms with Crippen molar-refractivity contribution in [3.8, 4) is 0 Å². The molecule has 1 fully saturated rings. The van der Waals surface area contributed by atoms with E-state index in [0.717, 1.165) is 30.0 Å². The molecule has 1 amide bonds. The van der Waals surface area contributed by atoms with E-state index in [9.17, 15) is 13.2 Å². The molecule has 2 aliphatic heterocycles. The van der Waals surface area contributed by atoms with Crippen molar-refractivity contribution in [1.82, 2.24) is 19.2 Å². The molecule has 3 heterocycles. The van der Waals surface area contributed by atoms with Crippen LogP contribution in [0.25, 0.3) is 0 Å². The number of carbonyl (C=O) groups is 1. The zero-order valence-corrected chi connectivity index (χ0v) is 17.4. The van der Waals surface area contributed by atoms with Gasteiger partial charge >= 0.3 is 0 Å². The third-order valence-electron chi connectivity index (χ3n) is 5.66. The van der Waals surface area contributed by atoms with Gasteiger partial charge in [0.2, 0.25) is 15.9 Å². The highest BCUT2D eigenvalue weighted by molar-refractivity contribution is 7.89. The zero-order chi connectivity index (χ0) is 20.6. The molecule has 1 aromatic heterocycles. The highest BCUT2D eigenvalue weighted by Crippen LogP contribution is 2.31. The first-order chi connectivity index (χ1) is 13.9. The van der Waals surface area contributed by atoms with E-state index < -0.39 is 10.0 Å². The fourth-order valence-electron chi connectivity index (χ4n) is 4.00. The van der Waals surface area contributed by atoms with Gasteiger partial charge in [-0.15, -0.1) is 0 Å². The van der Waals surface area contributed by atoms with Crippen molar-refractivity contribution in [1.29, 1.82) is 0 Å². The van der Waals surface area contributed by atoms with E-state index in [1.54, 1.807) is 44.3 Å². The van der Waals surface area contributed by atoms with E-state index in [4.69, 9.17) is 4.98 Å². The number of likely N-dealkylation sites (tertiary alicyclic amines) is 1. The number of hydrogen-bond donors (Lipinski definition) is 1. The Labute approximate surface area is 171 Å². The fourth-order valence-corrected chi connectivity index (χ4v) is 5.43. The summed E-state index contributed by atoms with van der Waals surface area (Å²) in [6.45, 7) is 3.56. The molecule has 0 aliphatic carbocycles. The van der Waals surface area contributed by atoms with Crippen LogP contribution in [0.2, 0.25) is 0 Å². The lowest BCUT2D eigenvalue weighted by atomic mass is 10.0. The van der Waals surface area contributed by atoms with Gasteiger partial charge in [-0.25, -0.2) is 18.4 Å². The Morgan fingerprint density at radius 1 is 1.17 bits per heavy atom. The molecule has 4 rings (SSSR count). The average Bonchev–Trinajstić information content (AvgIpc) is 3.24. The van der Waals surface area contributed by atoms with Crippen LogP contribution in [0.1, 0.15) is 36.3 Å². The number of rotatable bonds is 4. The number of benzene rings is 1. The van der Waals surface area contributed by atoms with Crippen LogP contribution in [-0.4, -0.2) is 60.2 Å². The van der Waals surface area contributed by atoms with Crippen LogP contribution in [-0.2, 0) is 27.8 Å². The van der Waals surface area contributed by atoms with Crippen LogP contribution in [0.15, 0.2) is 35.2 Å². The monoisotopic (exact) mass is 415 g/mol. The number of aromatic nitrogens is 2. The second-order valence-electron chi connectivity index (χ2n) is 7.46. The van der Waals surface area contributed by atoms with Gasteiger partial charge in [0.1, 0.15) is 11.6 Å². The second-order valence-corrected chi connectivity index (χ2v) is 9.40. The maximum absolute atomic E-state index is 13.0. The highest BCUT2D eigenvalue weighted by atomic mass is 32.2. The number of carbonyl (C=O) groups excluding carboxylic acids is 1. The van der Waals surface area contributed by atoms with E-state index >= 15 is 0 Å². The molecule has 1 N–H and O–H groups in total. The van der Waals surface area contributed by atoms with Crippen LogP contribution in [0.4, 0.5) is 5.82 Å². The minimum Gasteiger partial charge on any atom is -0.373 e. The quantitative estimate of drug-likeness (QED) is 0.815. The molecule has 1 atom stereocenters. The van der Waals surface area contributed by atoms with Gasteiger partial charge in [0.05, 0.1) is 10.6 Å². The minimum absolute atomic E-state index is 0.0704. The van der Waals surface area contributed by atoms with Gasteiger partial charge in [-0.2, -0.15) is 4.31 Å². The summed E-state index contributed by atoms with van der Waals surface area (Å²) >= 11 is 0. The standard InChI is InChI=1S/C20H25N5O3S/c1-14(26)24-10-8-15(12-24)19-22-18-9-11-25(13-17(18)20(21-2)23-19)29(27,28)16-6-4-3-5-7-16/h3-7,15H,8-13H2,1-2H3,(H,21,22,23)/t15-/m1/s1. The first-order valence-electron chi connectivity index (χ1n) is 9.78. The molecule has 2 aromatic rings. The molecule has 29 heavy (non-hydrogen) atoms. The molecule has 0 unspecified atom stereocenters. The third kappa shape index (κ3) is 3.72. The summed E-state index contributed by atoms with van der Waals surface area (Å²) in [5.41, 5.74) is 1.71. The van der Waals surface area contributed by atoms with Crippen molar-refractivity contribution in [3.05, 3.63) is 47.4 Å². The fraction of sp³-hybridized carbons (Fsp3) is 0.450. The zero-order valence-electron chi connectivity index (χ0n) is 16.6. The highest BCUT2D eigenvalue weighted by Gasteiger charge is 2.33. The van der Waals surface area contributed by atoms with Crippen LogP contribution in [0.3, 0.4) is 0 Å². The van der Waals surface area contributed by atoms with Crippen LogP contribution in [0, 0.1) is 0 Å². The average molecular weight is 416 g/mol. The van der Waals surface area contributed by atoms with Gasteiger partial charge in [-0.3, -0.25) is 4.79 Å². The predicted octanol–water partition coefficient (Wildman–Crippen LogP) is 1.60. The lowest BCUT2D eigenvalue weighted by Crippen LogP contribution is -2.37. The lowest BCUT2D eigenvalue weighted by Gasteiger charge is -2.29. The molecule has 154 valence electrons. The molecule has 9 heteroatoms. The molecule has 0 spiro atoms. The summed E-state index contributed by atoms with van der Waals surface area (Å²) < 4.78 is 27.5. The van der Waals surface area contributed by atoms with Crippen molar-refractivity contribution in [2.45, 2.75) is 37.1 Å². The van der Waals surface area contributed by atoms with Crippen molar-refractivity contribution < 1.29 is 13.2 Å². The van der Waals surface area contributed by atoms with Gasteiger partial charge in [0.15, 0.2) is 0 Å². The molecule has 1 saturated heterocycles. The van der Waals surface area contributed by atoms with Crippen molar-refractivity contribution in [2.24, 2.45) is 0 Å². The normalized spacial score (nSPS) is 19.8. The van der Waals surface area contributed by atoms with Gasteiger partial charge < -0.3 is 10.2 Å². The van der Waals surface area contributed by atoms with Gasteiger partial charge in [-0.1, -0.05) is 18.2 Å². The van der Waals surface area contributed by atoms with Gasteiger partial charge in [0.25, 0.3) is 0 Å². The largest absolute Gasteiger partial charge is 0.373 e. The summed E-state index contributed by atoms with van der Waals surface area (Å²) in [6.07, 6.45) is 1.38. The Balaban J connectivity index is 1.62. The summed E-state index contributed by atoms with van der Waals surface area (Å²) in [6, 6.07) is 8.49. The van der Waals surface area contributed by atoms with Gasteiger partial charge in [-0.05, 0) is 18.6 Å².